The molecule has 278 valence electrons. The summed E-state index contributed by atoms with van der Waals surface area (Å²) in [6.07, 6.45) is 3.50. The van der Waals surface area contributed by atoms with Crippen LogP contribution in [-0.2, 0) is 17.9 Å². The van der Waals surface area contributed by atoms with Gasteiger partial charge in [0, 0.05) is 11.1 Å². The summed E-state index contributed by atoms with van der Waals surface area (Å²) >= 11 is 11.2. The average Bonchev–Trinajstić information content (AvgIpc) is 3.66. The Kier molecular flexibility index (Phi) is 16.5. The van der Waals surface area contributed by atoms with Crippen molar-refractivity contribution in [1.82, 2.24) is 4.98 Å². The minimum absolute atomic E-state index is 0.238. The van der Waals surface area contributed by atoms with Crippen molar-refractivity contribution < 1.29 is 23.0 Å². The number of nitrogens with zero attached hydrogens (tertiary/aromatic N) is 2. The number of halogens is 2. The second-order valence-corrected chi connectivity index (χ2v) is 18.6. The molecule has 0 amide bonds. The minimum Gasteiger partial charge on any atom is -0.670 e. The fourth-order valence-corrected chi connectivity index (χ4v) is 8.99. The molecular formula is C46H57Cl2N2OW-. The topological polar surface area (TPSA) is 46.7 Å². The van der Waals surface area contributed by atoms with Gasteiger partial charge in [-0.15, -0.1) is 0 Å². The number of aromatic nitrogens is 1. The molecule has 6 heteroatoms. The second kappa shape index (κ2) is 19.8. The molecule has 0 fully saturated rings. The molecule has 0 saturated heterocycles. The standard InChI is InChI=1S/C31H40O.C6H3Cl2N.C5H10.C4H4N.W/c1-18(2)23-16-28(20(5)6)30(29(17-23)21(7)8)26-12-10-11-25(31(26)32)24-14-13-22(9)15-27(24)19(3)4;7-4-2-1-3-5(8)6(4)9;1-5(2,3)4;1-2-4-5-3-1;/h10-21,32H,1-9H3;1-3H;1H,2-4H3;1-4H;/q;;;-1;. The third kappa shape index (κ3) is 12.2. The van der Waals surface area contributed by atoms with Gasteiger partial charge in [0.2, 0.25) is 0 Å². The van der Waals surface area contributed by atoms with E-state index in [9.17, 15) is 5.11 Å². The van der Waals surface area contributed by atoms with Crippen molar-refractivity contribution in [3.63, 3.8) is 0 Å². The van der Waals surface area contributed by atoms with Crippen LogP contribution in [0.25, 0.3) is 22.3 Å². The molecule has 1 aromatic heterocycles. The number of hydrogen-bond acceptors (Lipinski definition) is 2. The van der Waals surface area contributed by atoms with E-state index in [1.807, 2.05) is 30.3 Å². The van der Waals surface area contributed by atoms with Crippen LogP contribution in [0.3, 0.4) is 0 Å². The molecule has 0 aliphatic carbocycles. The van der Waals surface area contributed by atoms with Crippen molar-refractivity contribution in [1.29, 1.82) is 0 Å². The van der Waals surface area contributed by atoms with Crippen LogP contribution in [0.5, 0.6) is 5.75 Å². The van der Waals surface area contributed by atoms with Crippen molar-refractivity contribution >= 4 is 33.3 Å². The maximum absolute atomic E-state index is 11.7. The molecule has 3 nitrogen and oxygen atoms in total. The Bertz CT molecular complexity index is 1890. The maximum Gasteiger partial charge on any atom is 0.131 e. The molecule has 0 aliphatic rings. The summed E-state index contributed by atoms with van der Waals surface area (Å²) in [5, 5.41) is 12.9. The fraction of sp³-hybridized carbons (Fsp3) is 0.370. The largest absolute Gasteiger partial charge is 0.670 e. The van der Waals surface area contributed by atoms with Gasteiger partial charge in [-0.05, 0) is 64.0 Å². The summed E-state index contributed by atoms with van der Waals surface area (Å²) in [5.41, 5.74) is 11.7. The van der Waals surface area contributed by atoms with Crippen LogP contribution >= 0.6 is 23.2 Å². The maximum atomic E-state index is 11.7. The van der Waals surface area contributed by atoms with Crippen molar-refractivity contribution in [3.8, 4) is 28.0 Å². The van der Waals surface area contributed by atoms with Gasteiger partial charge in [0.15, 0.2) is 0 Å². The summed E-state index contributed by atoms with van der Waals surface area (Å²) in [6, 6.07) is 26.8. The Morgan fingerprint density at radius 3 is 1.63 bits per heavy atom. The van der Waals surface area contributed by atoms with E-state index in [1.54, 1.807) is 12.4 Å². The normalized spacial score (nSPS) is 11.3. The molecule has 0 unspecified atom stereocenters. The van der Waals surface area contributed by atoms with Gasteiger partial charge in [-0.2, -0.15) is 12.4 Å². The molecule has 5 rings (SSSR count). The molecule has 0 radical (unpaired) electrons. The van der Waals surface area contributed by atoms with Gasteiger partial charge in [0.1, 0.15) is 5.75 Å². The molecule has 0 bridgehead atoms. The number of phenolic OH excluding ortho intramolecular Hbond substituents is 1. The van der Waals surface area contributed by atoms with Crippen LogP contribution in [0.2, 0.25) is 10.0 Å². The molecule has 0 spiro atoms. The monoisotopic (exact) mass is 907 g/mol. The summed E-state index contributed by atoms with van der Waals surface area (Å²) in [7, 11) is 0. The van der Waals surface area contributed by atoms with Crippen LogP contribution in [0.1, 0.15) is 128 Å². The number of hydrogen-bond donors (Lipinski definition) is 1. The molecule has 5 aromatic rings. The van der Waals surface area contributed by atoms with Crippen LogP contribution in [0.15, 0.2) is 94.8 Å². The zero-order valence-electron chi connectivity index (χ0n) is 33.1. The third-order valence-corrected chi connectivity index (χ3v) is 13.1. The van der Waals surface area contributed by atoms with Crippen LogP contribution < -0.4 is 4.98 Å². The molecule has 0 aliphatic heterocycles. The molecule has 52 heavy (non-hydrogen) atoms. The summed E-state index contributed by atoms with van der Waals surface area (Å²) in [6.45, 7) is 26.6. The van der Waals surface area contributed by atoms with Gasteiger partial charge < -0.3 is 10.1 Å². The van der Waals surface area contributed by atoms with Crippen molar-refractivity contribution in [2.45, 2.75) is 107 Å². The Labute approximate surface area is 332 Å². The fourth-order valence-electron chi connectivity index (χ4n) is 5.70. The van der Waals surface area contributed by atoms with E-state index in [1.165, 1.54) is 33.4 Å². The van der Waals surface area contributed by atoms with Crippen LogP contribution in [-0.4, -0.2) is 9.51 Å². The number of phenols is 1. The minimum atomic E-state index is -0.850. The van der Waals surface area contributed by atoms with Gasteiger partial charge in [-0.3, -0.25) is 0 Å². The van der Waals surface area contributed by atoms with E-state index in [2.05, 4.69) is 144 Å². The Balaban J connectivity index is 0.000000299. The zero-order valence-corrected chi connectivity index (χ0v) is 37.5. The summed E-state index contributed by atoms with van der Waals surface area (Å²) in [5.74, 6) is 1.99. The number of benzene rings is 4. The van der Waals surface area contributed by atoms with Gasteiger partial charge in [0.25, 0.3) is 0 Å². The van der Waals surface area contributed by atoms with Crippen molar-refractivity contribution in [3.05, 3.63) is 129 Å². The van der Waals surface area contributed by atoms with Gasteiger partial charge in [0.05, 0.1) is 0 Å². The Hall–Kier alpha value is -3.10. The molecule has 1 N–H and O–H groups in total. The average molecular weight is 909 g/mol. The summed E-state index contributed by atoms with van der Waals surface area (Å²) < 4.78 is 6.84. The predicted molar refractivity (Wildman–Crippen MR) is 224 cm³/mol. The first kappa shape index (κ1) is 43.3. The molecule has 0 saturated carbocycles. The smallest absolute Gasteiger partial charge is 0.131 e. The van der Waals surface area contributed by atoms with Gasteiger partial charge in [-0.1, -0.05) is 122 Å². The first-order valence-electron chi connectivity index (χ1n) is 18.2. The first-order chi connectivity index (χ1) is 24.4. The van der Waals surface area contributed by atoms with Gasteiger partial charge >= 0.3 is 109 Å². The Morgan fingerprint density at radius 2 is 1.17 bits per heavy atom. The number of aryl methyl sites for hydroxylation is 1. The Morgan fingerprint density at radius 1 is 0.654 bits per heavy atom. The second-order valence-electron chi connectivity index (χ2n) is 15.6. The van der Waals surface area contributed by atoms with Crippen molar-refractivity contribution in [2.24, 2.45) is 8.91 Å². The van der Waals surface area contributed by atoms with Gasteiger partial charge in [-0.25, -0.2) is 0 Å². The number of rotatable bonds is 7. The van der Waals surface area contributed by atoms with E-state index in [-0.39, 0.29) is 5.41 Å². The quantitative estimate of drug-likeness (QED) is 0.177. The first-order valence-corrected chi connectivity index (χ1v) is 22.0. The van der Waals surface area contributed by atoms with E-state index in [0.717, 1.165) is 22.4 Å². The van der Waals surface area contributed by atoms with E-state index >= 15 is 0 Å². The molecule has 1 heterocycles. The molecule has 0 atom stereocenters. The molecule has 4 aromatic carbocycles. The SMILES string of the molecule is CC(C)(C)[CH]=[W]=[N]c1c(Cl)cccc1Cl.Cc1ccc(-c2cccc(-c3c(C(C)C)cc(C(C)C)cc3C(C)C)c2O)c(C(C)C)c1.c1cc[n-]c1. The zero-order chi connectivity index (χ0) is 38.7. The van der Waals surface area contributed by atoms with Crippen LogP contribution in [0.4, 0.5) is 5.69 Å². The van der Waals surface area contributed by atoms with E-state index < -0.39 is 17.9 Å². The molecular weight excluding hydrogens is 851 g/mol. The predicted octanol–water partition coefficient (Wildman–Crippen LogP) is 14.9. The third-order valence-electron chi connectivity index (χ3n) is 8.50. The number of para-hydroxylation sites is 1. The van der Waals surface area contributed by atoms with Crippen molar-refractivity contribution in [2.75, 3.05) is 0 Å². The van der Waals surface area contributed by atoms with Crippen LogP contribution in [0, 0.1) is 12.3 Å². The summed E-state index contributed by atoms with van der Waals surface area (Å²) in [4.78, 5) is 3.72. The number of aromatic hydroxyl groups is 1. The van der Waals surface area contributed by atoms with E-state index in [4.69, 9.17) is 23.2 Å². The van der Waals surface area contributed by atoms with E-state index in [0.29, 0.717) is 39.5 Å².